The lowest BCUT2D eigenvalue weighted by molar-refractivity contribution is 0.947. The molecule has 0 unspecified atom stereocenters. The molecule has 2 aromatic rings. The zero-order valence-electron chi connectivity index (χ0n) is 12.5. The molecule has 5 heteroatoms. The summed E-state index contributed by atoms with van der Waals surface area (Å²) in [5.41, 5.74) is 3.35. The van der Waals surface area contributed by atoms with Gasteiger partial charge in [0.15, 0.2) is 0 Å². The van der Waals surface area contributed by atoms with Crippen molar-refractivity contribution in [3.8, 4) is 0 Å². The molecule has 5 nitrogen and oxygen atoms in total. The minimum Gasteiger partial charge on any atom is -0.373 e. The van der Waals surface area contributed by atoms with Crippen LogP contribution >= 0.6 is 0 Å². The Morgan fingerprint density at radius 2 is 1.90 bits per heavy atom. The molecule has 2 N–H and O–H groups in total. The van der Waals surface area contributed by atoms with Crippen LogP contribution in [0.25, 0.3) is 0 Å². The third kappa shape index (κ3) is 3.04. The van der Waals surface area contributed by atoms with Crippen LogP contribution in [0.5, 0.6) is 0 Å². The van der Waals surface area contributed by atoms with Gasteiger partial charge in [0.25, 0.3) is 0 Å². The minimum atomic E-state index is 0.671. The molecule has 2 rings (SSSR count). The van der Waals surface area contributed by atoms with Gasteiger partial charge in [0.1, 0.15) is 17.5 Å². The summed E-state index contributed by atoms with van der Waals surface area (Å²) in [6.45, 7) is 6.71. The number of nitrogens with one attached hydrogen (secondary N) is 2. The summed E-state index contributed by atoms with van der Waals surface area (Å²) in [7, 11) is 1.87. The van der Waals surface area contributed by atoms with Gasteiger partial charge in [-0.25, -0.2) is 9.97 Å². The molecule has 0 radical (unpaired) electrons. The van der Waals surface area contributed by atoms with E-state index in [1.807, 2.05) is 33.2 Å². The fourth-order valence-corrected chi connectivity index (χ4v) is 2.16. The highest BCUT2D eigenvalue weighted by Crippen LogP contribution is 2.20. The maximum absolute atomic E-state index is 4.46. The molecule has 20 heavy (non-hydrogen) atoms. The van der Waals surface area contributed by atoms with Crippen molar-refractivity contribution < 1.29 is 0 Å². The predicted molar refractivity (Wildman–Crippen MR) is 82.0 cm³/mol. The molecular formula is C15H21N5. The molecule has 0 atom stereocenters. The van der Waals surface area contributed by atoms with E-state index in [9.17, 15) is 0 Å². The van der Waals surface area contributed by atoms with Crippen LogP contribution in [0.15, 0.2) is 18.3 Å². The Labute approximate surface area is 119 Å². The van der Waals surface area contributed by atoms with Crippen molar-refractivity contribution in [1.82, 2.24) is 15.0 Å². The summed E-state index contributed by atoms with van der Waals surface area (Å²) in [5.74, 6) is 2.46. The van der Waals surface area contributed by atoms with Crippen molar-refractivity contribution in [3.05, 3.63) is 41.0 Å². The van der Waals surface area contributed by atoms with Crippen LogP contribution < -0.4 is 10.6 Å². The first-order chi connectivity index (χ1) is 9.65. The molecule has 0 aliphatic heterocycles. The molecule has 2 aromatic heterocycles. The van der Waals surface area contributed by atoms with Gasteiger partial charge in [0, 0.05) is 18.8 Å². The standard InChI is InChI=1S/C15H21N5/c1-5-12-7-6-8-17-13(12)9-18-15-10(2)14(16-4)19-11(3)20-15/h6-8H,5,9H2,1-4H3,(H2,16,18,19,20). The van der Waals surface area contributed by atoms with Gasteiger partial charge < -0.3 is 10.6 Å². The SMILES string of the molecule is CCc1cccnc1CNc1nc(C)nc(NC)c1C. The quantitative estimate of drug-likeness (QED) is 0.875. The number of hydrogen-bond donors (Lipinski definition) is 2. The highest BCUT2D eigenvalue weighted by molar-refractivity contribution is 5.57. The van der Waals surface area contributed by atoms with Crippen molar-refractivity contribution in [2.24, 2.45) is 0 Å². The summed E-state index contributed by atoms with van der Waals surface area (Å²) in [5, 5.41) is 6.46. The molecule has 0 saturated carbocycles. The van der Waals surface area contributed by atoms with Crippen LogP contribution in [0.3, 0.4) is 0 Å². The highest BCUT2D eigenvalue weighted by Gasteiger charge is 2.09. The summed E-state index contributed by atoms with van der Waals surface area (Å²) in [4.78, 5) is 13.3. The Bertz CT molecular complexity index is 595. The number of pyridine rings is 1. The third-order valence-electron chi connectivity index (χ3n) is 3.28. The van der Waals surface area contributed by atoms with Gasteiger partial charge in [0.05, 0.1) is 12.2 Å². The van der Waals surface area contributed by atoms with Crippen molar-refractivity contribution in [2.45, 2.75) is 33.7 Å². The van der Waals surface area contributed by atoms with E-state index in [2.05, 4.69) is 38.6 Å². The molecule has 0 aromatic carbocycles. The number of aryl methyl sites for hydroxylation is 2. The largest absolute Gasteiger partial charge is 0.373 e. The van der Waals surface area contributed by atoms with E-state index in [0.29, 0.717) is 6.54 Å². The second kappa shape index (κ2) is 6.32. The average molecular weight is 271 g/mol. The van der Waals surface area contributed by atoms with E-state index >= 15 is 0 Å². The smallest absolute Gasteiger partial charge is 0.135 e. The molecule has 0 fully saturated rings. The second-order valence-electron chi connectivity index (χ2n) is 4.66. The van der Waals surface area contributed by atoms with E-state index in [-0.39, 0.29) is 0 Å². The van der Waals surface area contributed by atoms with Crippen LogP contribution in [-0.4, -0.2) is 22.0 Å². The molecule has 0 amide bonds. The first-order valence-corrected chi connectivity index (χ1v) is 6.85. The van der Waals surface area contributed by atoms with Crippen LogP contribution in [-0.2, 0) is 13.0 Å². The van der Waals surface area contributed by atoms with E-state index in [4.69, 9.17) is 0 Å². The number of hydrogen-bond acceptors (Lipinski definition) is 5. The van der Waals surface area contributed by atoms with Gasteiger partial charge in [-0.15, -0.1) is 0 Å². The molecule has 106 valence electrons. The number of nitrogens with zero attached hydrogens (tertiary/aromatic N) is 3. The Kier molecular flexibility index (Phi) is 4.50. The summed E-state index contributed by atoms with van der Waals surface area (Å²) >= 11 is 0. The van der Waals surface area contributed by atoms with E-state index in [1.54, 1.807) is 0 Å². The number of anilines is 2. The number of aromatic nitrogens is 3. The van der Waals surface area contributed by atoms with E-state index in [1.165, 1.54) is 5.56 Å². The lowest BCUT2D eigenvalue weighted by Crippen LogP contribution is -2.10. The molecule has 0 saturated heterocycles. The molecular weight excluding hydrogens is 250 g/mol. The maximum Gasteiger partial charge on any atom is 0.135 e. The number of rotatable bonds is 5. The molecule has 0 spiro atoms. The van der Waals surface area contributed by atoms with Gasteiger partial charge in [-0.2, -0.15) is 0 Å². The fourth-order valence-electron chi connectivity index (χ4n) is 2.16. The average Bonchev–Trinajstić information content (AvgIpc) is 2.48. The van der Waals surface area contributed by atoms with Gasteiger partial charge >= 0.3 is 0 Å². The molecule has 0 aliphatic carbocycles. The first-order valence-electron chi connectivity index (χ1n) is 6.85. The minimum absolute atomic E-state index is 0.671. The monoisotopic (exact) mass is 271 g/mol. The Morgan fingerprint density at radius 3 is 2.60 bits per heavy atom. The van der Waals surface area contributed by atoms with Crippen LogP contribution in [0.2, 0.25) is 0 Å². The highest BCUT2D eigenvalue weighted by atomic mass is 15.1. The van der Waals surface area contributed by atoms with Gasteiger partial charge in [-0.05, 0) is 31.9 Å². The van der Waals surface area contributed by atoms with Gasteiger partial charge in [-0.1, -0.05) is 13.0 Å². The summed E-state index contributed by atoms with van der Waals surface area (Å²) in [6, 6.07) is 4.09. The Morgan fingerprint density at radius 1 is 1.15 bits per heavy atom. The fraction of sp³-hybridized carbons (Fsp3) is 0.400. The Hall–Kier alpha value is -2.17. The van der Waals surface area contributed by atoms with Crippen LogP contribution in [0.4, 0.5) is 11.6 Å². The van der Waals surface area contributed by atoms with Crippen molar-refractivity contribution in [2.75, 3.05) is 17.7 Å². The zero-order valence-corrected chi connectivity index (χ0v) is 12.5. The predicted octanol–water partition coefficient (Wildman–Crippen LogP) is 2.70. The van der Waals surface area contributed by atoms with E-state index in [0.717, 1.165) is 35.1 Å². The molecule has 2 heterocycles. The molecule has 0 bridgehead atoms. The third-order valence-corrected chi connectivity index (χ3v) is 3.28. The lowest BCUT2D eigenvalue weighted by atomic mass is 10.1. The van der Waals surface area contributed by atoms with Crippen LogP contribution in [0, 0.1) is 13.8 Å². The van der Waals surface area contributed by atoms with Crippen molar-refractivity contribution >= 4 is 11.6 Å². The first kappa shape index (κ1) is 14.2. The maximum atomic E-state index is 4.46. The molecule has 0 aliphatic rings. The summed E-state index contributed by atoms with van der Waals surface area (Å²) < 4.78 is 0. The van der Waals surface area contributed by atoms with Crippen molar-refractivity contribution in [1.29, 1.82) is 0 Å². The summed E-state index contributed by atoms with van der Waals surface area (Å²) in [6.07, 6.45) is 2.81. The van der Waals surface area contributed by atoms with Crippen LogP contribution in [0.1, 0.15) is 29.6 Å². The Balaban J connectivity index is 2.21. The van der Waals surface area contributed by atoms with Gasteiger partial charge in [-0.3, -0.25) is 4.98 Å². The zero-order chi connectivity index (χ0) is 14.5. The normalized spacial score (nSPS) is 10.4. The topological polar surface area (TPSA) is 62.7 Å². The van der Waals surface area contributed by atoms with E-state index < -0.39 is 0 Å². The van der Waals surface area contributed by atoms with Crippen molar-refractivity contribution in [3.63, 3.8) is 0 Å². The lowest BCUT2D eigenvalue weighted by Gasteiger charge is -2.13. The van der Waals surface area contributed by atoms with Gasteiger partial charge in [0.2, 0.25) is 0 Å². The second-order valence-corrected chi connectivity index (χ2v) is 4.66.